The third-order valence-corrected chi connectivity index (χ3v) is 4.59. The minimum absolute atomic E-state index is 0.0244. The fourth-order valence-corrected chi connectivity index (χ4v) is 3.01. The first kappa shape index (κ1) is 15.7. The predicted octanol–water partition coefficient (Wildman–Crippen LogP) is 2.64. The van der Waals surface area contributed by atoms with Gasteiger partial charge in [0, 0.05) is 31.0 Å². The zero-order valence-electron chi connectivity index (χ0n) is 11.7. The number of nitrogen functional groups attached to an aromatic ring is 1. The molecule has 0 fully saturated rings. The maximum atomic E-state index is 13.2. The molecule has 8 heteroatoms. The largest absolute Gasteiger partial charge is 0.381 e. The number of carbonyl (C=O) groups excluding carboxylic acids is 1. The number of halogens is 1. The number of carbonyl (C=O) groups is 1. The van der Waals surface area contributed by atoms with Crippen molar-refractivity contribution in [1.29, 1.82) is 0 Å². The molecule has 0 aliphatic carbocycles. The van der Waals surface area contributed by atoms with Crippen LogP contribution < -0.4 is 10.6 Å². The number of thioether (sulfide) groups is 1. The van der Waals surface area contributed by atoms with E-state index < -0.39 is 5.82 Å². The third kappa shape index (κ3) is 3.70. The molecule has 2 rings (SSSR count). The lowest BCUT2D eigenvalue weighted by molar-refractivity contribution is -0.117. The van der Waals surface area contributed by atoms with Crippen molar-refractivity contribution in [3.63, 3.8) is 0 Å². The van der Waals surface area contributed by atoms with Gasteiger partial charge in [0.05, 0.1) is 6.20 Å². The summed E-state index contributed by atoms with van der Waals surface area (Å²) >= 11 is 2.86. The predicted molar refractivity (Wildman–Crippen MR) is 86.1 cm³/mol. The van der Waals surface area contributed by atoms with Gasteiger partial charge in [-0.15, -0.1) is 0 Å². The minimum Gasteiger partial charge on any atom is -0.381 e. The van der Waals surface area contributed by atoms with Crippen LogP contribution >= 0.6 is 23.1 Å². The number of nitrogens with two attached hydrogens (primary N) is 1. The van der Waals surface area contributed by atoms with Crippen molar-refractivity contribution >= 4 is 39.8 Å². The summed E-state index contributed by atoms with van der Waals surface area (Å²) in [5, 5.41) is 1.11. The van der Waals surface area contributed by atoms with Crippen LogP contribution in [0, 0.1) is 5.82 Å². The number of hydrogen-bond acceptors (Lipinski definition) is 6. The molecule has 1 amide bonds. The quantitative estimate of drug-likeness (QED) is 0.914. The lowest BCUT2D eigenvalue weighted by Gasteiger charge is -2.14. The molecule has 0 atom stereocenters. The van der Waals surface area contributed by atoms with E-state index in [4.69, 9.17) is 5.73 Å². The second kappa shape index (κ2) is 6.86. The van der Waals surface area contributed by atoms with Crippen LogP contribution in [-0.4, -0.2) is 34.9 Å². The van der Waals surface area contributed by atoms with Crippen molar-refractivity contribution in [3.8, 4) is 10.6 Å². The van der Waals surface area contributed by atoms with E-state index >= 15 is 0 Å². The Kier molecular flexibility index (Phi) is 5.13. The van der Waals surface area contributed by atoms with E-state index in [1.165, 1.54) is 28.5 Å². The number of nitrogens with zero attached hydrogens (tertiary/aromatic N) is 3. The first-order valence-electron chi connectivity index (χ1n) is 6.15. The highest BCUT2D eigenvalue weighted by Gasteiger charge is 2.18. The van der Waals surface area contributed by atoms with Gasteiger partial charge in [0.1, 0.15) is 15.8 Å². The van der Waals surface area contributed by atoms with Gasteiger partial charge in [-0.2, -0.15) is 11.8 Å². The number of anilines is 2. The molecule has 2 N–H and O–H groups in total. The average Bonchev–Trinajstić information content (AvgIpc) is 2.86. The second-order valence-electron chi connectivity index (χ2n) is 4.30. The SMILES string of the molecule is CSCCC(=O)N(C)c1sc(-c2cncc(F)c2)nc1N. The fourth-order valence-electron chi connectivity index (χ4n) is 1.69. The number of aromatic nitrogens is 2. The summed E-state index contributed by atoms with van der Waals surface area (Å²) in [6.45, 7) is 0. The smallest absolute Gasteiger partial charge is 0.228 e. The van der Waals surface area contributed by atoms with E-state index in [9.17, 15) is 9.18 Å². The van der Waals surface area contributed by atoms with Crippen LogP contribution in [0.15, 0.2) is 18.5 Å². The zero-order valence-corrected chi connectivity index (χ0v) is 13.3. The van der Waals surface area contributed by atoms with Gasteiger partial charge in [0.15, 0.2) is 5.82 Å². The molecular weight excluding hydrogens is 311 g/mol. The average molecular weight is 326 g/mol. The first-order chi connectivity index (χ1) is 10.0. The van der Waals surface area contributed by atoms with Gasteiger partial charge in [-0.25, -0.2) is 9.37 Å². The molecule has 0 spiro atoms. The molecule has 0 saturated heterocycles. The Morgan fingerprint density at radius 3 is 2.95 bits per heavy atom. The molecule has 112 valence electrons. The highest BCUT2D eigenvalue weighted by atomic mass is 32.2. The number of rotatable bonds is 5. The van der Waals surface area contributed by atoms with E-state index in [1.807, 2.05) is 6.26 Å². The molecule has 0 saturated carbocycles. The Bertz CT molecular complexity index is 647. The van der Waals surface area contributed by atoms with Gasteiger partial charge in [0.25, 0.3) is 0 Å². The molecule has 2 aromatic rings. The minimum atomic E-state index is -0.438. The van der Waals surface area contributed by atoms with Gasteiger partial charge >= 0.3 is 0 Å². The summed E-state index contributed by atoms with van der Waals surface area (Å²) in [7, 11) is 1.67. The second-order valence-corrected chi connectivity index (χ2v) is 6.26. The Labute approximate surface area is 130 Å². The fraction of sp³-hybridized carbons (Fsp3) is 0.308. The topological polar surface area (TPSA) is 72.1 Å². The lowest BCUT2D eigenvalue weighted by atomic mass is 10.3. The molecule has 0 unspecified atom stereocenters. The van der Waals surface area contributed by atoms with E-state index in [-0.39, 0.29) is 11.7 Å². The third-order valence-electron chi connectivity index (χ3n) is 2.79. The highest BCUT2D eigenvalue weighted by molar-refractivity contribution is 7.98. The van der Waals surface area contributed by atoms with Crippen LogP contribution in [0.2, 0.25) is 0 Å². The maximum absolute atomic E-state index is 13.2. The van der Waals surface area contributed by atoms with Crippen molar-refractivity contribution in [2.24, 2.45) is 0 Å². The van der Waals surface area contributed by atoms with E-state index in [0.29, 0.717) is 22.0 Å². The van der Waals surface area contributed by atoms with Crippen molar-refractivity contribution < 1.29 is 9.18 Å². The first-order valence-corrected chi connectivity index (χ1v) is 8.36. The zero-order chi connectivity index (χ0) is 15.4. The Morgan fingerprint density at radius 2 is 2.29 bits per heavy atom. The molecule has 0 bridgehead atoms. The molecule has 0 aromatic carbocycles. The van der Waals surface area contributed by atoms with E-state index in [2.05, 4.69) is 9.97 Å². The molecule has 5 nitrogen and oxygen atoms in total. The van der Waals surface area contributed by atoms with Gasteiger partial charge in [-0.1, -0.05) is 11.3 Å². The molecule has 0 aliphatic heterocycles. The van der Waals surface area contributed by atoms with E-state index in [0.717, 1.165) is 11.9 Å². The van der Waals surface area contributed by atoms with Crippen LogP contribution in [0.1, 0.15) is 6.42 Å². The number of thiazole rings is 1. The summed E-state index contributed by atoms with van der Waals surface area (Å²) in [5.74, 6) is 0.554. The Balaban J connectivity index is 2.25. The number of amides is 1. The van der Waals surface area contributed by atoms with Crippen LogP contribution in [0.3, 0.4) is 0 Å². The summed E-state index contributed by atoms with van der Waals surface area (Å²) in [5.41, 5.74) is 6.41. The Hall–Kier alpha value is -1.67. The number of pyridine rings is 1. The molecule has 0 aliphatic rings. The van der Waals surface area contributed by atoms with Crippen LogP contribution in [0.5, 0.6) is 0 Å². The summed E-state index contributed by atoms with van der Waals surface area (Å²) in [6.07, 6.45) is 5.02. The van der Waals surface area contributed by atoms with Crippen molar-refractivity contribution in [3.05, 3.63) is 24.3 Å². The summed E-state index contributed by atoms with van der Waals surface area (Å²) < 4.78 is 13.2. The van der Waals surface area contributed by atoms with E-state index in [1.54, 1.807) is 18.8 Å². The molecule has 2 heterocycles. The summed E-state index contributed by atoms with van der Waals surface area (Å²) in [4.78, 5) is 21.5. The highest BCUT2D eigenvalue weighted by Crippen LogP contribution is 2.36. The molecule has 21 heavy (non-hydrogen) atoms. The lowest BCUT2D eigenvalue weighted by Crippen LogP contribution is -2.26. The van der Waals surface area contributed by atoms with Gasteiger partial charge < -0.3 is 10.6 Å². The van der Waals surface area contributed by atoms with Crippen molar-refractivity contribution in [2.45, 2.75) is 6.42 Å². The van der Waals surface area contributed by atoms with Crippen LogP contribution in [0.25, 0.3) is 10.6 Å². The molecule has 0 radical (unpaired) electrons. The van der Waals surface area contributed by atoms with Crippen LogP contribution in [-0.2, 0) is 4.79 Å². The van der Waals surface area contributed by atoms with Gasteiger partial charge in [-0.05, 0) is 12.3 Å². The summed E-state index contributed by atoms with van der Waals surface area (Å²) in [6, 6.07) is 1.34. The number of hydrogen-bond donors (Lipinski definition) is 1. The molecule has 2 aromatic heterocycles. The standard InChI is InChI=1S/C13H15FN4OS2/c1-18(10(19)3-4-20-2)13-11(15)17-12(21-13)8-5-9(14)7-16-6-8/h5-7H,3-4,15H2,1-2H3. The maximum Gasteiger partial charge on any atom is 0.228 e. The van der Waals surface area contributed by atoms with Gasteiger partial charge in [0.2, 0.25) is 5.91 Å². The van der Waals surface area contributed by atoms with Crippen molar-refractivity contribution in [1.82, 2.24) is 9.97 Å². The monoisotopic (exact) mass is 326 g/mol. The van der Waals surface area contributed by atoms with Crippen LogP contribution in [0.4, 0.5) is 15.2 Å². The molecular formula is C13H15FN4OS2. The Morgan fingerprint density at radius 1 is 1.52 bits per heavy atom. The van der Waals surface area contributed by atoms with Crippen molar-refractivity contribution in [2.75, 3.05) is 29.7 Å². The normalized spacial score (nSPS) is 10.6. The van der Waals surface area contributed by atoms with Gasteiger partial charge in [-0.3, -0.25) is 9.78 Å².